The van der Waals surface area contributed by atoms with E-state index in [4.69, 9.17) is 0 Å². The largest absolute Gasteiger partial charge is 4.00 e. The van der Waals surface area contributed by atoms with Crippen LogP contribution >= 0.6 is 0 Å². The number of allylic oxidation sites excluding steroid dienone is 4. The molecule has 0 aliphatic heterocycles. The molecule has 0 amide bonds. The third kappa shape index (κ3) is 28.9. The number of hydrogen-bond acceptors (Lipinski definition) is 0. The van der Waals surface area contributed by atoms with Gasteiger partial charge in [-0.2, -0.15) is 28.2 Å². The van der Waals surface area contributed by atoms with Crippen molar-refractivity contribution in [3.63, 3.8) is 0 Å². The Morgan fingerprint density at radius 2 is 1.52 bits per heavy atom. The number of hydrogen-bond donors (Lipinski definition) is 0. The van der Waals surface area contributed by atoms with Crippen molar-refractivity contribution in [3.05, 3.63) is 47.2 Å². The molecule has 0 saturated heterocycles. The summed E-state index contributed by atoms with van der Waals surface area (Å²) in [4.78, 5) is 0. The molecule has 1 aliphatic carbocycles. The van der Waals surface area contributed by atoms with Gasteiger partial charge in [0.25, 0.3) is 0 Å². The average molecular weight is 329 g/mol. The molecule has 0 unspecified atom stereocenters. The first-order chi connectivity index (χ1) is 8.91. The van der Waals surface area contributed by atoms with Crippen molar-refractivity contribution in [2.24, 2.45) is 0 Å². The van der Waals surface area contributed by atoms with Crippen LogP contribution in [0.15, 0.2) is 23.8 Å². The average Bonchev–Trinajstić information content (AvgIpc) is 2.78. The van der Waals surface area contributed by atoms with E-state index in [1.54, 1.807) is 33.8 Å². The maximum absolute atomic E-state index is 4.57. The normalized spacial score (nSPS) is 11.9. The van der Waals surface area contributed by atoms with Crippen molar-refractivity contribution in [2.45, 2.75) is 45.6 Å². The van der Waals surface area contributed by atoms with E-state index < -0.39 is 0 Å². The van der Waals surface area contributed by atoms with E-state index >= 15 is 0 Å². The monoisotopic (exact) mass is 329 g/mol. The van der Waals surface area contributed by atoms with Gasteiger partial charge < -0.3 is 23.4 Å². The fourth-order valence-corrected chi connectivity index (χ4v) is 1.40. The minimum absolute atomic E-state index is 0. The van der Waals surface area contributed by atoms with E-state index in [1.807, 2.05) is 0 Å². The topological polar surface area (TPSA) is 42.3 Å². The van der Waals surface area contributed by atoms with Gasteiger partial charge in [0.2, 0.25) is 0 Å². The Morgan fingerprint density at radius 3 is 1.86 bits per heavy atom. The van der Waals surface area contributed by atoms with Gasteiger partial charge in [0.05, 0.1) is 0 Å². The molecule has 21 heavy (non-hydrogen) atoms. The zero-order valence-corrected chi connectivity index (χ0v) is 17.0. The van der Waals surface area contributed by atoms with Crippen molar-refractivity contribution in [1.29, 1.82) is 0 Å². The van der Waals surface area contributed by atoms with Gasteiger partial charge in [0.15, 0.2) is 0 Å². The van der Waals surface area contributed by atoms with Crippen LogP contribution in [0.25, 0.3) is 16.0 Å². The van der Waals surface area contributed by atoms with Gasteiger partial charge in [-0.1, -0.05) is 51.0 Å². The summed E-state index contributed by atoms with van der Waals surface area (Å²) < 4.78 is 0. The predicted octanol–water partition coefficient (Wildman–Crippen LogP) is 5.51. The zero-order chi connectivity index (χ0) is 15.1. The van der Waals surface area contributed by atoms with Gasteiger partial charge >= 0.3 is 21.7 Å². The number of rotatable bonds is 4. The van der Waals surface area contributed by atoms with Crippen LogP contribution in [0.1, 0.15) is 40.0 Å². The first-order valence-corrected chi connectivity index (χ1v) is 6.90. The summed E-state index contributed by atoms with van der Waals surface area (Å²) in [5.41, 5.74) is 1.70. The van der Waals surface area contributed by atoms with Crippen molar-refractivity contribution in [1.82, 2.24) is 0 Å². The fraction of sp³-hybridized carbons (Fsp3) is 0.706. The fourth-order valence-electron chi connectivity index (χ4n) is 1.40. The standard InChI is InChI=1S/C12H20N.2C2H6N.CH3.Ti/c1-12(2,3)13-10-6-9-11-7-4-5-8-11;2*1-3-2;;/h4-5,7H,6,8-10H2,1-3H3;2*1-2H3;1H3;/q4*-1;+4. The van der Waals surface area contributed by atoms with Crippen molar-refractivity contribution in [3.8, 4) is 0 Å². The van der Waals surface area contributed by atoms with Crippen LogP contribution in [0, 0.1) is 7.43 Å². The second-order valence-electron chi connectivity index (χ2n) is 5.51. The molecule has 0 heterocycles. The predicted molar refractivity (Wildman–Crippen MR) is 95.9 cm³/mol. The van der Waals surface area contributed by atoms with Crippen LogP contribution < -0.4 is 0 Å². The van der Waals surface area contributed by atoms with Crippen LogP contribution in [-0.2, 0) is 21.7 Å². The minimum Gasteiger partial charge on any atom is -0.668 e. The van der Waals surface area contributed by atoms with Crippen molar-refractivity contribution < 1.29 is 21.7 Å². The molecule has 0 aromatic heterocycles. The van der Waals surface area contributed by atoms with Gasteiger partial charge in [-0.25, -0.2) is 0 Å². The Hall–Kier alpha value is 0.0743. The van der Waals surface area contributed by atoms with Gasteiger partial charge in [-0.3, -0.25) is 0 Å². The third-order valence-electron chi connectivity index (χ3n) is 2.09. The molecule has 0 aromatic rings. The SMILES string of the molecule is CC(C)(C)[N-]CCCC1=CC=CC1.C[N-]C.C[N-]C.[CH3-].[Ti+4]. The second-order valence-corrected chi connectivity index (χ2v) is 5.51. The molecule has 0 saturated carbocycles. The van der Waals surface area contributed by atoms with E-state index in [9.17, 15) is 0 Å². The van der Waals surface area contributed by atoms with Crippen LogP contribution in [0.4, 0.5) is 0 Å². The third-order valence-corrected chi connectivity index (χ3v) is 2.09. The minimum atomic E-state index is 0. The number of nitrogens with zero attached hydrogens (tertiary/aromatic N) is 3. The summed E-state index contributed by atoms with van der Waals surface area (Å²) in [6.45, 7) is 7.47. The Labute approximate surface area is 149 Å². The van der Waals surface area contributed by atoms with Crippen molar-refractivity contribution >= 4 is 0 Å². The summed E-state index contributed by atoms with van der Waals surface area (Å²) in [5.74, 6) is 0. The molecular weight excluding hydrogens is 294 g/mol. The first-order valence-electron chi connectivity index (χ1n) is 6.90. The Morgan fingerprint density at radius 1 is 1.05 bits per heavy atom. The summed E-state index contributed by atoms with van der Waals surface area (Å²) in [7, 11) is 7.00. The molecule has 0 radical (unpaired) electrons. The molecule has 1 aliphatic rings. The Kier molecular flexibility index (Phi) is 27.8. The molecule has 0 aromatic carbocycles. The van der Waals surface area contributed by atoms with E-state index in [1.165, 1.54) is 12.8 Å². The molecule has 4 heteroatoms. The molecule has 0 fully saturated rings. The molecule has 122 valence electrons. The van der Waals surface area contributed by atoms with Crippen LogP contribution in [-0.4, -0.2) is 40.3 Å². The van der Waals surface area contributed by atoms with Crippen LogP contribution in [0.3, 0.4) is 0 Å². The van der Waals surface area contributed by atoms with E-state index in [0.29, 0.717) is 0 Å². The maximum atomic E-state index is 4.57. The molecule has 3 nitrogen and oxygen atoms in total. The summed E-state index contributed by atoms with van der Waals surface area (Å²) >= 11 is 0. The smallest absolute Gasteiger partial charge is 0.668 e. The van der Waals surface area contributed by atoms with E-state index in [0.717, 1.165) is 13.0 Å². The van der Waals surface area contributed by atoms with Crippen LogP contribution in [0.5, 0.6) is 0 Å². The Bertz CT molecular complexity index is 241. The van der Waals surface area contributed by atoms with Gasteiger partial charge in [0, 0.05) is 0 Å². The molecular formula is C17H35N3Ti. The van der Waals surface area contributed by atoms with Crippen molar-refractivity contribution in [2.75, 3.05) is 34.7 Å². The summed E-state index contributed by atoms with van der Waals surface area (Å²) in [6.07, 6.45) is 10.2. The summed E-state index contributed by atoms with van der Waals surface area (Å²) in [6, 6.07) is 0. The Balaban J connectivity index is -0.000000157. The second kappa shape index (κ2) is 20.1. The van der Waals surface area contributed by atoms with Crippen LogP contribution in [0.2, 0.25) is 0 Å². The van der Waals surface area contributed by atoms with E-state index in [2.05, 4.69) is 54.9 Å². The zero-order valence-electron chi connectivity index (χ0n) is 15.4. The first kappa shape index (κ1) is 29.1. The molecule has 1 rings (SSSR count). The van der Waals surface area contributed by atoms with Gasteiger partial charge in [0.1, 0.15) is 0 Å². The van der Waals surface area contributed by atoms with E-state index in [-0.39, 0.29) is 34.7 Å². The summed E-state index contributed by atoms with van der Waals surface area (Å²) in [5, 5.41) is 11.6. The molecule has 0 N–H and O–H groups in total. The molecule has 0 bridgehead atoms. The quantitative estimate of drug-likeness (QED) is 0.371. The molecule has 0 atom stereocenters. The van der Waals surface area contributed by atoms with Gasteiger partial charge in [-0.05, 0) is 12.8 Å². The maximum Gasteiger partial charge on any atom is 4.00 e. The van der Waals surface area contributed by atoms with Gasteiger partial charge in [-0.15, -0.1) is 12.1 Å². The molecule has 0 spiro atoms.